The Balaban J connectivity index is 0.00000280. The van der Waals surface area contributed by atoms with Gasteiger partial charge in [-0.3, -0.25) is 4.79 Å². The number of likely N-dealkylation sites (tertiary alicyclic amines) is 1. The Morgan fingerprint density at radius 2 is 1.50 bits per heavy atom. The third kappa shape index (κ3) is 8.69. The van der Waals surface area contributed by atoms with Crippen molar-refractivity contribution >= 4 is 42.4 Å². The van der Waals surface area contributed by atoms with E-state index in [9.17, 15) is 9.90 Å². The summed E-state index contributed by atoms with van der Waals surface area (Å²) in [5, 5.41) is 15.4. The molecule has 8 heteroatoms. The maximum Gasteiger partial charge on any atom is 0.319 e. The predicted octanol–water partition coefficient (Wildman–Crippen LogP) is 6.39. The van der Waals surface area contributed by atoms with Crippen LogP contribution in [0.3, 0.4) is 0 Å². The zero-order chi connectivity index (χ0) is 26.8. The topological polar surface area (TPSA) is 61.8 Å². The van der Waals surface area contributed by atoms with Crippen LogP contribution in [0, 0.1) is 0 Å². The highest BCUT2D eigenvalue weighted by Gasteiger charge is 2.36. The summed E-state index contributed by atoms with van der Waals surface area (Å²) in [6.07, 6.45) is 3.33. The van der Waals surface area contributed by atoms with E-state index in [4.69, 9.17) is 16.3 Å². The number of nitrogens with zero attached hydrogens (tertiary/aromatic N) is 1. The van der Waals surface area contributed by atoms with Crippen LogP contribution in [0.2, 0.25) is 5.02 Å². The summed E-state index contributed by atoms with van der Waals surface area (Å²) in [6.45, 7) is 5.68. The van der Waals surface area contributed by atoms with Crippen molar-refractivity contribution in [3.8, 4) is 0 Å². The van der Waals surface area contributed by atoms with Gasteiger partial charge in [0, 0.05) is 30.1 Å². The first-order valence-electron chi connectivity index (χ1n) is 13.6. The van der Waals surface area contributed by atoms with E-state index in [-0.39, 0.29) is 42.7 Å². The molecule has 0 saturated carbocycles. The predicted molar refractivity (Wildman–Crippen MR) is 168 cm³/mol. The van der Waals surface area contributed by atoms with Crippen LogP contribution in [0.15, 0.2) is 84.9 Å². The lowest BCUT2D eigenvalue weighted by molar-refractivity contribution is -0.142. The Morgan fingerprint density at radius 1 is 0.950 bits per heavy atom. The second-order valence-corrected chi connectivity index (χ2v) is 10.6. The van der Waals surface area contributed by atoms with Gasteiger partial charge in [-0.1, -0.05) is 84.4 Å². The Kier molecular flexibility index (Phi) is 13.9. The van der Waals surface area contributed by atoms with Crippen LogP contribution in [0.4, 0.5) is 0 Å². The van der Waals surface area contributed by atoms with Crippen LogP contribution in [0.5, 0.6) is 0 Å². The van der Waals surface area contributed by atoms with Crippen molar-refractivity contribution in [3.05, 3.63) is 107 Å². The lowest BCUT2D eigenvalue weighted by Gasteiger charge is -2.40. The first kappa shape index (κ1) is 34.1. The molecule has 218 valence electrons. The Labute approximate surface area is 256 Å². The van der Waals surface area contributed by atoms with Crippen molar-refractivity contribution < 1.29 is 14.6 Å². The molecule has 0 aliphatic carbocycles. The Morgan fingerprint density at radius 3 is 2.02 bits per heavy atom. The number of carbonyl (C=O) groups excluding carboxylic acids is 1. The van der Waals surface area contributed by atoms with Crippen molar-refractivity contribution in [1.82, 2.24) is 10.2 Å². The van der Waals surface area contributed by atoms with Crippen LogP contribution in [-0.2, 0) is 20.5 Å². The van der Waals surface area contributed by atoms with Crippen molar-refractivity contribution in [2.45, 2.75) is 43.6 Å². The molecule has 4 rings (SSSR count). The normalized spacial score (nSPS) is 15.0. The number of ether oxygens (including phenoxy) is 1. The van der Waals surface area contributed by atoms with Gasteiger partial charge in [-0.2, -0.15) is 0 Å². The number of piperidine rings is 1. The minimum atomic E-state index is -0.796. The summed E-state index contributed by atoms with van der Waals surface area (Å²) in [6, 6.07) is 28.7. The number of nitrogens with one attached hydrogen (secondary N) is 1. The van der Waals surface area contributed by atoms with E-state index in [1.807, 2.05) is 43.3 Å². The summed E-state index contributed by atoms with van der Waals surface area (Å²) in [5.41, 5.74) is 2.34. The fourth-order valence-electron chi connectivity index (χ4n) is 5.65. The first-order valence-corrected chi connectivity index (χ1v) is 14.0. The van der Waals surface area contributed by atoms with E-state index in [2.05, 4.69) is 58.7 Å². The number of aliphatic hydroxyl groups is 1. The van der Waals surface area contributed by atoms with Crippen molar-refractivity contribution in [2.75, 3.05) is 39.3 Å². The third-order valence-electron chi connectivity index (χ3n) is 7.80. The van der Waals surface area contributed by atoms with Gasteiger partial charge < -0.3 is 20.1 Å². The number of benzene rings is 3. The maximum atomic E-state index is 12.1. The van der Waals surface area contributed by atoms with E-state index in [1.165, 1.54) is 11.1 Å². The van der Waals surface area contributed by atoms with Crippen molar-refractivity contribution in [1.29, 1.82) is 0 Å². The second kappa shape index (κ2) is 16.4. The second-order valence-electron chi connectivity index (χ2n) is 10.2. The minimum absolute atomic E-state index is 0. The zero-order valence-corrected chi connectivity index (χ0v) is 25.4. The molecule has 1 saturated heterocycles. The molecular formula is C32H41Cl3N2O3. The summed E-state index contributed by atoms with van der Waals surface area (Å²) >= 11 is 6.05. The molecule has 0 unspecified atom stereocenters. The highest BCUT2D eigenvalue weighted by atomic mass is 35.5. The number of hydrogen-bond donors (Lipinski definition) is 2. The maximum absolute atomic E-state index is 12.1. The Bertz CT molecular complexity index is 1100. The highest BCUT2D eigenvalue weighted by molar-refractivity contribution is 6.30. The number of rotatable bonds is 12. The summed E-state index contributed by atoms with van der Waals surface area (Å²) in [4.78, 5) is 14.5. The Hall–Kier alpha value is -2.12. The van der Waals surface area contributed by atoms with E-state index in [0.29, 0.717) is 31.0 Å². The van der Waals surface area contributed by atoms with Crippen LogP contribution >= 0.6 is 36.4 Å². The molecule has 1 aliphatic rings. The molecule has 0 bridgehead atoms. The average molecular weight is 608 g/mol. The zero-order valence-electron chi connectivity index (χ0n) is 23.1. The van der Waals surface area contributed by atoms with E-state index in [1.54, 1.807) is 0 Å². The van der Waals surface area contributed by atoms with Crippen LogP contribution in [0.1, 0.15) is 49.3 Å². The minimum Gasteiger partial charge on any atom is -0.465 e. The molecule has 5 nitrogen and oxygen atoms in total. The fourth-order valence-corrected chi connectivity index (χ4v) is 5.78. The van der Waals surface area contributed by atoms with Crippen LogP contribution < -0.4 is 5.32 Å². The van der Waals surface area contributed by atoms with Crippen molar-refractivity contribution in [2.24, 2.45) is 0 Å². The molecule has 40 heavy (non-hydrogen) atoms. The van der Waals surface area contributed by atoms with Gasteiger partial charge in [0.1, 0.15) is 0 Å². The smallest absolute Gasteiger partial charge is 0.319 e. The van der Waals surface area contributed by atoms with Gasteiger partial charge in [0.15, 0.2) is 0 Å². The lowest BCUT2D eigenvalue weighted by Crippen LogP contribution is -2.44. The molecule has 0 aromatic heterocycles. The van der Waals surface area contributed by atoms with Gasteiger partial charge in [0.2, 0.25) is 0 Å². The van der Waals surface area contributed by atoms with E-state index in [0.717, 1.165) is 38.0 Å². The summed E-state index contributed by atoms with van der Waals surface area (Å²) < 4.78 is 5.15. The van der Waals surface area contributed by atoms with Gasteiger partial charge in [-0.15, -0.1) is 24.8 Å². The van der Waals surface area contributed by atoms with Gasteiger partial charge in [0.25, 0.3) is 0 Å². The van der Waals surface area contributed by atoms with Gasteiger partial charge >= 0.3 is 5.97 Å². The SMILES string of the molecule is CCOC(=O)CNCC(CCCN1CCC(O)(c2ccc(Cl)cc2)CC1)(c1ccccc1)c1ccccc1.Cl.Cl. The van der Waals surface area contributed by atoms with Gasteiger partial charge in [0.05, 0.1) is 18.8 Å². The molecule has 0 radical (unpaired) electrons. The molecule has 3 aromatic rings. The first-order chi connectivity index (χ1) is 18.4. The monoisotopic (exact) mass is 606 g/mol. The van der Waals surface area contributed by atoms with E-state index < -0.39 is 5.60 Å². The molecule has 0 amide bonds. The number of hydrogen-bond acceptors (Lipinski definition) is 5. The number of carbonyl (C=O) groups is 1. The molecule has 1 aliphatic heterocycles. The van der Waals surface area contributed by atoms with Gasteiger partial charge in [-0.25, -0.2) is 0 Å². The van der Waals surface area contributed by atoms with Gasteiger partial charge in [-0.05, 0) is 68.0 Å². The number of halogens is 3. The molecule has 2 N–H and O–H groups in total. The summed E-state index contributed by atoms with van der Waals surface area (Å²) in [5.74, 6) is -0.232. The fraction of sp³-hybridized carbons (Fsp3) is 0.406. The standard InChI is InChI=1S/C32H39ClN2O3.2ClH/c1-2-38-30(36)24-34-25-31(26-10-5-3-6-11-26,27-12-7-4-8-13-27)18-9-21-35-22-19-32(37,20-23-35)28-14-16-29(33)17-15-28;;/h3-8,10-17,34,37H,2,9,18-25H2,1H3;2*1H. The van der Waals surface area contributed by atoms with Crippen LogP contribution in [0.25, 0.3) is 0 Å². The van der Waals surface area contributed by atoms with E-state index >= 15 is 0 Å². The molecule has 0 atom stereocenters. The lowest BCUT2D eigenvalue weighted by atomic mass is 9.71. The molecular weight excluding hydrogens is 567 g/mol. The van der Waals surface area contributed by atoms with Crippen molar-refractivity contribution in [3.63, 3.8) is 0 Å². The molecule has 3 aromatic carbocycles. The average Bonchev–Trinajstić information content (AvgIpc) is 2.95. The largest absolute Gasteiger partial charge is 0.465 e. The highest BCUT2D eigenvalue weighted by Crippen LogP contribution is 2.37. The molecule has 0 spiro atoms. The quantitative estimate of drug-likeness (QED) is 0.234. The third-order valence-corrected chi connectivity index (χ3v) is 8.05. The molecule has 1 fully saturated rings. The summed E-state index contributed by atoms with van der Waals surface area (Å²) in [7, 11) is 0. The number of esters is 1. The molecule has 1 heterocycles. The van der Waals surface area contributed by atoms with Crippen LogP contribution in [-0.4, -0.2) is 55.3 Å².